The van der Waals surface area contributed by atoms with Crippen molar-refractivity contribution < 1.29 is 9.47 Å². The number of H-pyrrole nitrogens is 1. The lowest BCUT2D eigenvalue weighted by Gasteiger charge is -2.06. The van der Waals surface area contributed by atoms with Gasteiger partial charge in [-0.2, -0.15) is 0 Å². The molecule has 6 nitrogen and oxygen atoms in total. The van der Waals surface area contributed by atoms with Crippen molar-refractivity contribution in [1.82, 2.24) is 19.6 Å². The molecule has 2 heterocycles. The first-order valence-electron chi connectivity index (χ1n) is 5.21. The van der Waals surface area contributed by atoms with Crippen LogP contribution in [0.5, 0.6) is 11.5 Å². The molecule has 0 bridgehead atoms. The summed E-state index contributed by atoms with van der Waals surface area (Å²) in [5.74, 6) is 2.07. The Kier molecular flexibility index (Phi) is 2.60. The predicted molar refractivity (Wildman–Crippen MR) is 68.1 cm³/mol. The summed E-state index contributed by atoms with van der Waals surface area (Å²) < 4.78 is 14.3. The van der Waals surface area contributed by atoms with Crippen LogP contribution in [0.4, 0.5) is 0 Å². The first-order valence-corrected chi connectivity index (χ1v) is 5.98. The lowest BCUT2D eigenvalue weighted by molar-refractivity contribution is 0.356. The number of imidazole rings is 1. The summed E-state index contributed by atoms with van der Waals surface area (Å²) in [7, 11) is 3.21. The normalized spacial score (nSPS) is 10.8. The Labute approximate surface area is 107 Å². The van der Waals surface area contributed by atoms with Crippen molar-refractivity contribution in [2.45, 2.75) is 0 Å². The highest BCUT2D eigenvalue weighted by molar-refractivity contribution is 7.09. The molecule has 3 rings (SSSR count). The van der Waals surface area contributed by atoms with Crippen molar-refractivity contribution in [1.29, 1.82) is 0 Å². The van der Waals surface area contributed by atoms with E-state index >= 15 is 0 Å². The molecule has 0 aliphatic heterocycles. The van der Waals surface area contributed by atoms with Crippen LogP contribution in [0.15, 0.2) is 18.3 Å². The Hall–Kier alpha value is -2.15. The lowest BCUT2D eigenvalue weighted by atomic mass is 10.3. The molecular formula is C11H10N4O2S. The summed E-state index contributed by atoms with van der Waals surface area (Å²) in [5, 5.41) is 3.80. The van der Waals surface area contributed by atoms with Crippen molar-refractivity contribution in [3.8, 4) is 22.2 Å². The smallest absolute Gasteiger partial charge is 0.163 e. The maximum Gasteiger partial charge on any atom is 0.163 e. The fourth-order valence-electron chi connectivity index (χ4n) is 1.73. The predicted octanol–water partition coefficient (Wildman–Crippen LogP) is 2.10. The van der Waals surface area contributed by atoms with Gasteiger partial charge in [-0.05, 0) is 11.5 Å². The van der Waals surface area contributed by atoms with E-state index in [0.717, 1.165) is 21.7 Å². The van der Waals surface area contributed by atoms with Crippen LogP contribution in [0.1, 0.15) is 0 Å². The van der Waals surface area contributed by atoms with E-state index in [2.05, 4.69) is 19.6 Å². The van der Waals surface area contributed by atoms with Crippen molar-refractivity contribution in [3.05, 3.63) is 18.3 Å². The summed E-state index contributed by atoms with van der Waals surface area (Å²) in [6, 6.07) is 3.70. The SMILES string of the molecule is COc1cc2nc(-c3cnns3)[nH]c2cc1OC. The largest absolute Gasteiger partial charge is 0.493 e. The Morgan fingerprint density at radius 3 is 2.61 bits per heavy atom. The molecule has 0 saturated carbocycles. The molecule has 92 valence electrons. The molecule has 0 radical (unpaired) electrons. The van der Waals surface area contributed by atoms with Crippen LogP contribution in [0.3, 0.4) is 0 Å². The number of aromatic amines is 1. The number of hydrogen-bond donors (Lipinski definition) is 1. The minimum Gasteiger partial charge on any atom is -0.493 e. The molecule has 18 heavy (non-hydrogen) atoms. The fourth-order valence-corrected chi connectivity index (χ4v) is 2.18. The topological polar surface area (TPSA) is 72.9 Å². The second-order valence-corrected chi connectivity index (χ2v) is 4.38. The highest BCUT2D eigenvalue weighted by atomic mass is 32.1. The van der Waals surface area contributed by atoms with E-state index in [4.69, 9.17) is 9.47 Å². The Morgan fingerprint density at radius 2 is 1.94 bits per heavy atom. The zero-order valence-electron chi connectivity index (χ0n) is 9.80. The van der Waals surface area contributed by atoms with E-state index < -0.39 is 0 Å². The van der Waals surface area contributed by atoms with Crippen molar-refractivity contribution in [2.24, 2.45) is 0 Å². The molecule has 0 atom stereocenters. The molecule has 0 amide bonds. The summed E-state index contributed by atoms with van der Waals surface area (Å²) in [6.45, 7) is 0. The molecular weight excluding hydrogens is 252 g/mol. The van der Waals surface area contributed by atoms with Crippen LogP contribution in [0.2, 0.25) is 0 Å². The van der Waals surface area contributed by atoms with E-state index in [0.29, 0.717) is 11.5 Å². The van der Waals surface area contributed by atoms with E-state index in [-0.39, 0.29) is 0 Å². The van der Waals surface area contributed by atoms with Gasteiger partial charge in [-0.25, -0.2) is 4.98 Å². The number of nitrogens with zero attached hydrogens (tertiary/aromatic N) is 3. The van der Waals surface area contributed by atoms with E-state index in [1.54, 1.807) is 20.4 Å². The number of rotatable bonds is 3. The number of fused-ring (bicyclic) bond motifs is 1. The zero-order valence-corrected chi connectivity index (χ0v) is 10.6. The van der Waals surface area contributed by atoms with Gasteiger partial charge in [0.15, 0.2) is 17.3 Å². The molecule has 0 unspecified atom stereocenters. The van der Waals surface area contributed by atoms with Crippen LogP contribution in [-0.2, 0) is 0 Å². The third-order valence-corrected chi connectivity index (χ3v) is 3.25. The Bertz CT molecular complexity index is 637. The highest BCUT2D eigenvalue weighted by Crippen LogP contribution is 2.32. The van der Waals surface area contributed by atoms with E-state index in [9.17, 15) is 0 Å². The summed E-state index contributed by atoms with van der Waals surface area (Å²) in [5.41, 5.74) is 1.70. The minimum absolute atomic E-state index is 0.658. The zero-order chi connectivity index (χ0) is 12.5. The molecule has 0 fully saturated rings. The molecule has 7 heteroatoms. The molecule has 3 aromatic rings. The lowest BCUT2D eigenvalue weighted by Crippen LogP contribution is -1.89. The van der Waals surface area contributed by atoms with Crippen LogP contribution >= 0.6 is 11.5 Å². The molecule has 0 aliphatic carbocycles. The number of benzene rings is 1. The molecule has 0 spiro atoms. The Morgan fingerprint density at radius 1 is 1.17 bits per heavy atom. The Balaban J connectivity index is 2.17. The van der Waals surface area contributed by atoms with Gasteiger partial charge in [0.05, 0.1) is 31.4 Å². The highest BCUT2D eigenvalue weighted by Gasteiger charge is 2.11. The average molecular weight is 262 g/mol. The second kappa shape index (κ2) is 4.26. The van der Waals surface area contributed by atoms with Crippen molar-refractivity contribution >= 4 is 22.6 Å². The number of hydrogen-bond acceptors (Lipinski definition) is 6. The first kappa shape index (κ1) is 11.0. The monoisotopic (exact) mass is 262 g/mol. The average Bonchev–Trinajstić information content (AvgIpc) is 3.04. The summed E-state index contributed by atoms with van der Waals surface area (Å²) in [4.78, 5) is 8.58. The van der Waals surface area contributed by atoms with Crippen LogP contribution in [-0.4, -0.2) is 33.8 Å². The van der Waals surface area contributed by atoms with Gasteiger partial charge in [0.2, 0.25) is 0 Å². The van der Waals surface area contributed by atoms with Crippen LogP contribution in [0, 0.1) is 0 Å². The minimum atomic E-state index is 0.658. The van der Waals surface area contributed by atoms with Crippen molar-refractivity contribution in [3.63, 3.8) is 0 Å². The number of ether oxygens (including phenoxy) is 2. The van der Waals surface area contributed by atoms with Gasteiger partial charge in [-0.3, -0.25) is 0 Å². The first-order chi connectivity index (χ1) is 8.81. The number of nitrogens with one attached hydrogen (secondary N) is 1. The number of aromatic nitrogens is 4. The standard InChI is InChI=1S/C11H10N4O2S/c1-16-8-3-6-7(4-9(8)17-2)14-11(13-6)10-5-12-15-18-10/h3-5H,1-2H3,(H,13,14). The molecule has 0 aliphatic rings. The summed E-state index contributed by atoms with van der Waals surface area (Å²) in [6.07, 6.45) is 1.68. The van der Waals surface area contributed by atoms with Gasteiger partial charge in [0.25, 0.3) is 0 Å². The maximum absolute atomic E-state index is 5.25. The third kappa shape index (κ3) is 1.68. The van der Waals surface area contributed by atoms with Gasteiger partial charge in [0, 0.05) is 12.1 Å². The van der Waals surface area contributed by atoms with Gasteiger partial charge >= 0.3 is 0 Å². The quantitative estimate of drug-likeness (QED) is 0.782. The number of methoxy groups -OCH3 is 2. The third-order valence-electron chi connectivity index (χ3n) is 2.58. The van der Waals surface area contributed by atoms with Crippen molar-refractivity contribution in [2.75, 3.05) is 14.2 Å². The maximum atomic E-state index is 5.25. The van der Waals surface area contributed by atoms with Crippen LogP contribution < -0.4 is 9.47 Å². The fraction of sp³-hybridized carbons (Fsp3) is 0.182. The van der Waals surface area contributed by atoms with Gasteiger partial charge in [0.1, 0.15) is 4.88 Å². The summed E-state index contributed by atoms with van der Waals surface area (Å²) >= 11 is 1.29. The second-order valence-electron chi connectivity index (χ2n) is 3.59. The molecule has 0 saturated heterocycles. The molecule has 2 aromatic heterocycles. The van der Waals surface area contributed by atoms with E-state index in [1.165, 1.54) is 11.5 Å². The van der Waals surface area contributed by atoms with Gasteiger partial charge < -0.3 is 14.5 Å². The van der Waals surface area contributed by atoms with E-state index in [1.807, 2.05) is 12.1 Å². The van der Waals surface area contributed by atoms with Gasteiger partial charge in [-0.15, -0.1) is 5.10 Å². The molecule has 1 N–H and O–H groups in total. The van der Waals surface area contributed by atoms with Gasteiger partial charge in [-0.1, -0.05) is 4.49 Å². The van der Waals surface area contributed by atoms with Crippen LogP contribution in [0.25, 0.3) is 21.7 Å². The molecule has 1 aromatic carbocycles.